The van der Waals surface area contributed by atoms with Crippen LogP contribution in [0.4, 0.5) is 13.2 Å². The Morgan fingerprint density at radius 1 is 1.31 bits per heavy atom. The van der Waals surface area contributed by atoms with Crippen molar-refractivity contribution in [1.29, 1.82) is 0 Å². The van der Waals surface area contributed by atoms with Crippen molar-refractivity contribution in [2.75, 3.05) is 6.54 Å². The molecule has 1 amide bonds. The number of fused-ring (bicyclic) bond motifs is 2. The van der Waals surface area contributed by atoms with Crippen molar-refractivity contribution >= 4 is 11.8 Å². The van der Waals surface area contributed by atoms with Gasteiger partial charge in [0.05, 0.1) is 23.4 Å². The summed E-state index contributed by atoms with van der Waals surface area (Å²) in [7, 11) is 0. The summed E-state index contributed by atoms with van der Waals surface area (Å²) in [6, 6.07) is 5.31. The third kappa shape index (κ3) is 4.28. The number of alkyl halides is 3. The molecule has 2 heterocycles. The molecular weight excluding hydrogens is 423 g/mol. The Bertz CT molecular complexity index is 1060. The number of amides is 1. The van der Waals surface area contributed by atoms with Crippen LogP contribution < -0.4 is 0 Å². The smallest absolute Gasteiger partial charge is 0.413 e. The Morgan fingerprint density at radius 2 is 2.09 bits per heavy atom. The molecule has 3 atom stereocenters. The maximum atomic E-state index is 13.5. The van der Waals surface area contributed by atoms with Gasteiger partial charge in [-0.25, -0.2) is 9.98 Å². The Labute approximate surface area is 183 Å². The minimum Gasteiger partial charge on any atom is -0.475 e. The minimum atomic E-state index is -4.42. The third-order valence-corrected chi connectivity index (χ3v) is 6.04. The van der Waals surface area contributed by atoms with Gasteiger partial charge in [0, 0.05) is 25.2 Å². The van der Waals surface area contributed by atoms with Crippen LogP contribution in [0.15, 0.2) is 51.8 Å². The molecule has 6 nitrogen and oxygen atoms in total. The fourth-order valence-corrected chi connectivity index (χ4v) is 4.47. The highest BCUT2D eigenvalue weighted by Crippen LogP contribution is 2.41. The Kier molecular flexibility index (Phi) is 5.83. The molecule has 4 rings (SSSR count). The van der Waals surface area contributed by atoms with Crippen LogP contribution in [0.2, 0.25) is 0 Å². The highest BCUT2D eigenvalue weighted by molar-refractivity contribution is 6.01. The maximum Gasteiger partial charge on any atom is 0.413 e. The second kappa shape index (κ2) is 8.44. The fraction of sp³-hybridized carbons (Fsp3) is 0.435. The molecule has 1 saturated carbocycles. The number of aliphatic imine (C=N–C) groups is 1. The largest absolute Gasteiger partial charge is 0.475 e. The summed E-state index contributed by atoms with van der Waals surface area (Å²) in [5, 5.41) is 0. The van der Waals surface area contributed by atoms with E-state index in [0.717, 1.165) is 31.5 Å². The number of aromatic nitrogens is 1. The molecule has 1 aromatic heterocycles. The van der Waals surface area contributed by atoms with Gasteiger partial charge in [-0.3, -0.25) is 4.79 Å². The number of ether oxygens (including phenoxy) is 1. The van der Waals surface area contributed by atoms with E-state index in [1.54, 1.807) is 11.0 Å². The standard InChI is InChI=1S/C23H24F3N3O3/c1-13-5-4-6-17(20(13)21-27-7-8-31-21)22(30)29-12-16-9-18(29)19(10-16)32-15(3)28-11-14(2)23(24,25)26/h4-8,11,16,18-19H,9-10,12H2,1-3H3/b14-11+,28-15?. The molecule has 1 aliphatic carbocycles. The zero-order valence-corrected chi connectivity index (χ0v) is 18.0. The molecule has 2 aliphatic rings. The Morgan fingerprint density at radius 3 is 2.75 bits per heavy atom. The summed E-state index contributed by atoms with van der Waals surface area (Å²) in [4.78, 5) is 23.3. The predicted molar refractivity (Wildman–Crippen MR) is 112 cm³/mol. The van der Waals surface area contributed by atoms with Gasteiger partial charge in [0.1, 0.15) is 12.4 Å². The van der Waals surface area contributed by atoms with E-state index in [4.69, 9.17) is 9.15 Å². The minimum absolute atomic E-state index is 0.134. The van der Waals surface area contributed by atoms with Gasteiger partial charge in [-0.2, -0.15) is 13.2 Å². The number of halogens is 3. The molecule has 9 heteroatoms. The maximum absolute atomic E-state index is 13.5. The normalized spacial score (nSPS) is 23.7. The Hall–Kier alpha value is -3.10. The zero-order chi connectivity index (χ0) is 23.0. The summed E-state index contributed by atoms with van der Waals surface area (Å²) in [5.41, 5.74) is 1.25. The molecular formula is C23H24F3N3O3. The molecule has 3 unspecified atom stereocenters. The summed E-state index contributed by atoms with van der Waals surface area (Å²) in [6.45, 7) is 5.00. The van der Waals surface area contributed by atoms with Gasteiger partial charge in [0.25, 0.3) is 5.91 Å². The average molecular weight is 447 g/mol. The SMILES string of the molecule is CC(=N/C=C(\C)C(F)(F)F)OC1CC2CC1N(C(=O)c1cccc(C)c1-c1ncco1)C2. The van der Waals surface area contributed by atoms with E-state index >= 15 is 0 Å². The molecule has 170 valence electrons. The van der Waals surface area contributed by atoms with E-state index in [1.165, 1.54) is 19.4 Å². The molecule has 1 aliphatic heterocycles. The van der Waals surface area contributed by atoms with Crippen LogP contribution in [-0.4, -0.2) is 46.6 Å². The van der Waals surface area contributed by atoms with E-state index in [-0.39, 0.29) is 29.9 Å². The quantitative estimate of drug-likeness (QED) is 0.480. The van der Waals surface area contributed by atoms with Gasteiger partial charge in [-0.1, -0.05) is 12.1 Å². The highest BCUT2D eigenvalue weighted by atomic mass is 19.4. The number of likely N-dealkylation sites (tertiary alicyclic amines) is 1. The molecule has 2 fully saturated rings. The van der Waals surface area contributed by atoms with Gasteiger partial charge in [-0.15, -0.1) is 0 Å². The average Bonchev–Trinajstić information content (AvgIpc) is 3.47. The van der Waals surface area contributed by atoms with Crippen molar-refractivity contribution in [2.24, 2.45) is 10.9 Å². The number of carbonyl (C=O) groups is 1. The van der Waals surface area contributed by atoms with E-state index in [9.17, 15) is 18.0 Å². The van der Waals surface area contributed by atoms with E-state index in [0.29, 0.717) is 23.6 Å². The predicted octanol–water partition coefficient (Wildman–Crippen LogP) is 5.15. The van der Waals surface area contributed by atoms with Gasteiger partial charge in [-0.05, 0) is 44.2 Å². The first-order valence-corrected chi connectivity index (χ1v) is 10.4. The van der Waals surface area contributed by atoms with Crippen molar-refractivity contribution < 1.29 is 27.1 Å². The summed E-state index contributed by atoms with van der Waals surface area (Å²) < 4.78 is 49.3. The molecule has 2 bridgehead atoms. The zero-order valence-electron chi connectivity index (χ0n) is 18.0. The second-order valence-electron chi connectivity index (χ2n) is 8.31. The Balaban J connectivity index is 1.53. The molecule has 1 aromatic carbocycles. The number of carbonyl (C=O) groups excluding carboxylic acids is 1. The van der Waals surface area contributed by atoms with Crippen LogP contribution in [0.5, 0.6) is 0 Å². The van der Waals surface area contributed by atoms with Crippen molar-refractivity contribution in [3.8, 4) is 11.5 Å². The van der Waals surface area contributed by atoms with E-state index in [1.807, 2.05) is 19.1 Å². The molecule has 1 saturated heterocycles. The third-order valence-electron chi connectivity index (χ3n) is 6.04. The van der Waals surface area contributed by atoms with Crippen LogP contribution >= 0.6 is 0 Å². The fourth-order valence-electron chi connectivity index (χ4n) is 4.47. The van der Waals surface area contributed by atoms with Gasteiger partial charge in [0.2, 0.25) is 5.89 Å². The van der Waals surface area contributed by atoms with Gasteiger partial charge in [0.15, 0.2) is 5.90 Å². The molecule has 0 radical (unpaired) electrons. The number of oxazole rings is 1. The number of hydrogen-bond acceptors (Lipinski definition) is 5. The van der Waals surface area contributed by atoms with Crippen molar-refractivity contribution in [3.05, 3.63) is 53.6 Å². The van der Waals surface area contributed by atoms with Crippen molar-refractivity contribution in [1.82, 2.24) is 9.88 Å². The number of nitrogens with zero attached hydrogens (tertiary/aromatic N) is 3. The lowest BCUT2D eigenvalue weighted by molar-refractivity contribution is -0.0915. The summed E-state index contributed by atoms with van der Waals surface area (Å²) >= 11 is 0. The highest BCUT2D eigenvalue weighted by Gasteiger charge is 2.48. The van der Waals surface area contributed by atoms with Crippen molar-refractivity contribution in [2.45, 2.75) is 51.9 Å². The molecule has 2 aromatic rings. The van der Waals surface area contributed by atoms with Crippen LogP contribution in [0, 0.1) is 12.8 Å². The number of piperidine rings is 1. The number of aryl methyl sites for hydroxylation is 1. The molecule has 0 N–H and O–H groups in total. The summed E-state index contributed by atoms with van der Waals surface area (Å²) in [5.74, 6) is 0.683. The lowest BCUT2D eigenvalue weighted by Crippen LogP contribution is -2.46. The first-order chi connectivity index (χ1) is 15.1. The van der Waals surface area contributed by atoms with E-state index in [2.05, 4.69) is 9.98 Å². The van der Waals surface area contributed by atoms with Crippen LogP contribution in [-0.2, 0) is 4.74 Å². The summed E-state index contributed by atoms with van der Waals surface area (Å²) in [6.07, 6.45) is 0.569. The lowest BCUT2D eigenvalue weighted by atomic mass is 9.99. The number of rotatable bonds is 4. The van der Waals surface area contributed by atoms with Crippen LogP contribution in [0.1, 0.15) is 42.6 Å². The van der Waals surface area contributed by atoms with Crippen LogP contribution in [0.3, 0.4) is 0 Å². The first kappa shape index (κ1) is 22.1. The second-order valence-corrected chi connectivity index (χ2v) is 8.31. The van der Waals surface area contributed by atoms with E-state index < -0.39 is 11.7 Å². The monoisotopic (exact) mass is 447 g/mol. The lowest BCUT2D eigenvalue weighted by Gasteiger charge is -2.33. The number of hydrogen-bond donors (Lipinski definition) is 0. The van der Waals surface area contributed by atoms with Crippen LogP contribution in [0.25, 0.3) is 11.5 Å². The topological polar surface area (TPSA) is 67.9 Å². The first-order valence-electron chi connectivity index (χ1n) is 10.4. The molecule has 0 spiro atoms. The van der Waals surface area contributed by atoms with Crippen molar-refractivity contribution in [3.63, 3.8) is 0 Å². The molecule has 32 heavy (non-hydrogen) atoms. The van der Waals surface area contributed by atoms with Gasteiger partial charge >= 0.3 is 6.18 Å². The number of benzene rings is 1. The number of allylic oxidation sites excluding steroid dienone is 1. The van der Waals surface area contributed by atoms with Gasteiger partial charge < -0.3 is 14.1 Å².